The fourth-order valence-corrected chi connectivity index (χ4v) is 3.44. The van der Waals surface area contributed by atoms with Crippen molar-refractivity contribution in [3.8, 4) is 0 Å². The molecule has 2 rings (SSSR count). The number of methoxy groups -OCH3 is 1. The number of nitrogens with one attached hydrogen (secondary N) is 1. The lowest BCUT2D eigenvalue weighted by Crippen LogP contribution is -2.14. The van der Waals surface area contributed by atoms with E-state index in [1.807, 2.05) is 31.2 Å². The van der Waals surface area contributed by atoms with Crippen molar-refractivity contribution in [1.82, 2.24) is 10.2 Å². The zero-order valence-electron chi connectivity index (χ0n) is 11.4. The molecule has 0 radical (unpaired) electrons. The molecule has 0 unspecified atom stereocenters. The molecule has 0 aliphatic heterocycles. The van der Waals surface area contributed by atoms with E-state index < -0.39 is 0 Å². The minimum Gasteiger partial charge on any atom is -0.468 e. The van der Waals surface area contributed by atoms with Crippen LogP contribution in [0.15, 0.2) is 28.6 Å². The third-order valence-electron chi connectivity index (χ3n) is 2.60. The first-order valence-electron chi connectivity index (χ1n) is 6.01. The summed E-state index contributed by atoms with van der Waals surface area (Å²) in [6, 6.07) is 7.96. The Kier molecular flexibility index (Phi) is 4.97. The van der Waals surface area contributed by atoms with Gasteiger partial charge in [0.1, 0.15) is 5.25 Å². The second-order valence-corrected chi connectivity index (χ2v) is 6.66. The van der Waals surface area contributed by atoms with Crippen LogP contribution in [-0.2, 0) is 9.53 Å². The summed E-state index contributed by atoms with van der Waals surface area (Å²) in [7, 11) is 1.38. The molecule has 5 nitrogen and oxygen atoms in total. The number of hydrogen-bond donors (Lipinski definition) is 1. The molecule has 0 amide bonds. The Morgan fingerprint density at radius 1 is 1.40 bits per heavy atom. The van der Waals surface area contributed by atoms with Gasteiger partial charge in [-0.2, -0.15) is 0 Å². The van der Waals surface area contributed by atoms with Gasteiger partial charge in [0.15, 0.2) is 4.34 Å². The molecular formula is C13H15N3O2S2. The average Bonchev–Trinajstić information content (AvgIpc) is 2.87. The van der Waals surface area contributed by atoms with Gasteiger partial charge in [-0.25, -0.2) is 0 Å². The Labute approximate surface area is 125 Å². The summed E-state index contributed by atoms with van der Waals surface area (Å²) < 4.78 is 5.42. The molecule has 0 spiro atoms. The maximum atomic E-state index is 11.4. The predicted molar refractivity (Wildman–Crippen MR) is 81.7 cm³/mol. The highest BCUT2D eigenvalue weighted by molar-refractivity contribution is 8.02. The number of ether oxygens (including phenoxy) is 1. The van der Waals surface area contributed by atoms with E-state index in [-0.39, 0.29) is 11.2 Å². The summed E-state index contributed by atoms with van der Waals surface area (Å²) in [5.74, 6) is -0.265. The Morgan fingerprint density at radius 3 is 2.85 bits per heavy atom. The summed E-state index contributed by atoms with van der Waals surface area (Å²) in [5, 5.41) is 11.8. The first kappa shape index (κ1) is 14.8. The Balaban J connectivity index is 2.03. The summed E-state index contributed by atoms with van der Waals surface area (Å²) in [6.45, 7) is 3.81. The van der Waals surface area contributed by atoms with Gasteiger partial charge in [-0.15, -0.1) is 10.2 Å². The molecule has 0 bridgehead atoms. The SMILES string of the molecule is COC(=O)[C@@H](C)Sc1nnc(Nc2ccccc2C)s1. The van der Waals surface area contributed by atoms with E-state index >= 15 is 0 Å². The third-order valence-corrected chi connectivity index (χ3v) is 4.61. The predicted octanol–water partition coefficient (Wildman–Crippen LogP) is 3.24. The number of rotatable bonds is 5. The first-order valence-corrected chi connectivity index (χ1v) is 7.70. The molecule has 0 fully saturated rings. The molecule has 1 heterocycles. The molecule has 20 heavy (non-hydrogen) atoms. The first-order chi connectivity index (χ1) is 9.60. The van der Waals surface area contributed by atoms with Crippen molar-refractivity contribution in [2.45, 2.75) is 23.4 Å². The molecule has 0 saturated heterocycles. The van der Waals surface area contributed by atoms with Gasteiger partial charge in [-0.3, -0.25) is 4.79 Å². The van der Waals surface area contributed by atoms with E-state index in [2.05, 4.69) is 20.3 Å². The topological polar surface area (TPSA) is 64.1 Å². The zero-order chi connectivity index (χ0) is 14.5. The van der Waals surface area contributed by atoms with E-state index in [0.717, 1.165) is 15.6 Å². The van der Waals surface area contributed by atoms with Crippen LogP contribution in [0.3, 0.4) is 0 Å². The van der Waals surface area contributed by atoms with Crippen molar-refractivity contribution in [2.75, 3.05) is 12.4 Å². The number of benzene rings is 1. The minimum absolute atomic E-state index is 0.265. The number of aryl methyl sites for hydroxylation is 1. The van der Waals surface area contributed by atoms with Crippen LogP contribution in [0.4, 0.5) is 10.8 Å². The zero-order valence-corrected chi connectivity index (χ0v) is 13.0. The standard InChI is InChI=1S/C13H15N3O2S2/c1-8-6-4-5-7-10(8)14-12-15-16-13(20-12)19-9(2)11(17)18-3/h4-7,9H,1-3H3,(H,14,15)/t9-/m1/s1. The van der Waals surface area contributed by atoms with Crippen molar-refractivity contribution in [3.63, 3.8) is 0 Å². The highest BCUT2D eigenvalue weighted by Gasteiger charge is 2.17. The van der Waals surface area contributed by atoms with Gasteiger partial charge < -0.3 is 10.1 Å². The highest BCUT2D eigenvalue weighted by atomic mass is 32.2. The molecule has 2 aromatic rings. The summed E-state index contributed by atoms with van der Waals surface area (Å²) in [4.78, 5) is 11.4. The molecule has 1 aromatic carbocycles. The maximum Gasteiger partial charge on any atom is 0.318 e. The number of para-hydroxylation sites is 1. The van der Waals surface area contributed by atoms with E-state index in [1.165, 1.54) is 30.2 Å². The third kappa shape index (κ3) is 3.71. The number of esters is 1. The molecule has 0 saturated carbocycles. The summed E-state index contributed by atoms with van der Waals surface area (Å²) >= 11 is 2.76. The number of nitrogens with zero attached hydrogens (tertiary/aromatic N) is 2. The summed E-state index contributed by atoms with van der Waals surface area (Å²) in [5.41, 5.74) is 2.14. The quantitative estimate of drug-likeness (QED) is 0.675. The van der Waals surface area contributed by atoms with Gasteiger partial charge in [0.2, 0.25) is 5.13 Å². The van der Waals surface area contributed by atoms with Crippen LogP contribution in [0.2, 0.25) is 0 Å². The van der Waals surface area contributed by atoms with Gasteiger partial charge in [0.25, 0.3) is 0 Å². The molecule has 7 heteroatoms. The van der Waals surface area contributed by atoms with Crippen LogP contribution in [0.5, 0.6) is 0 Å². The Bertz CT molecular complexity index is 601. The normalized spacial score (nSPS) is 11.9. The van der Waals surface area contributed by atoms with Crippen molar-refractivity contribution < 1.29 is 9.53 Å². The highest BCUT2D eigenvalue weighted by Crippen LogP contribution is 2.31. The van der Waals surface area contributed by atoms with Gasteiger partial charge in [0.05, 0.1) is 7.11 Å². The Hall–Kier alpha value is -1.60. The van der Waals surface area contributed by atoms with Gasteiger partial charge in [0, 0.05) is 5.69 Å². The van der Waals surface area contributed by atoms with E-state index in [4.69, 9.17) is 0 Å². The monoisotopic (exact) mass is 309 g/mol. The van der Waals surface area contributed by atoms with Crippen LogP contribution < -0.4 is 5.32 Å². The number of aromatic nitrogens is 2. The van der Waals surface area contributed by atoms with Gasteiger partial charge in [-0.1, -0.05) is 41.3 Å². The number of thioether (sulfide) groups is 1. The summed E-state index contributed by atoms with van der Waals surface area (Å²) in [6.07, 6.45) is 0. The minimum atomic E-state index is -0.292. The van der Waals surface area contributed by atoms with Crippen molar-refractivity contribution in [2.24, 2.45) is 0 Å². The molecule has 1 atom stereocenters. The Morgan fingerprint density at radius 2 is 2.15 bits per heavy atom. The van der Waals surface area contributed by atoms with Crippen LogP contribution in [0.1, 0.15) is 12.5 Å². The van der Waals surface area contributed by atoms with E-state index in [0.29, 0.717) is 5.13 Å². The van der Waals surface area contributed by atoms with Crippen LogP contribution >= 0.6 is 23.1 Å². The molecular weight excluding hydrogens is 294 g/mol. The second-order valence-electron chi connectivity index (χ2n) is 4.10. The smallest absolute Gasteiger partial charge is 0.318 e. The van der Waals surface area contributed by atoms with Crippen LogP contribution in [-0.4, -0.2) is 28.5 Å². The lowest BCUT2D eigenvalue weighted by atomic mass is 10.2. The largest absolute Gasteiger partial charge is 0.468 e. The number of anilines is 2. The average molecular weight is 309 g/mol. The molecule has 1 N–H and O–H groups in total. The fraction of sp³-hybridized carbons (Fsp3) is 0.308. The van der Waals surface area contributed by atoms with Crippen molar-refractivity contribution in [3.05, 3.63) is 29.8 Å². The van der Waals surface area contributed by atoms with Crippen molar-refractivity contribution >= 4 is 39.9 Å². The van der Waals surface area contributed by atoms with Gasteiger partial charge >= 0.3 is 5.97 Å². The fourth-order valence-electron chi connectivity index (χ4n) is 1.50. The van der Waals surface area contributed by atoms with Crippen molar-refractivity contribution in [1.29, 1.82) is 0 Å². The van der Waals surface area contributed by atoms with E-state index in [9.17, 15) is 4.79 Å². The number of carbonyl (C=O) groups is 1. The second kappa shape index (κ2) is 6.71. The molecule has 0 aliphatic carbocycles. The van der Waals surface area contributed by atoms with Crippen LogP contribution in [0, 0.1) is 6.92 Å². The molecule has 106 valence electrons. The molecule has 1 aromatic heterocycles. The number of carbonyl (C=O) groups excluding carboxylic acids is 1. The van der Waals surface area contributed by atoms with Crippen LogP contribution in [0.25, 0.3) is 0 Å². The van der Waals surface area contributed by atoms with E-state index in [1.54, 1.807) is 6.92 Å². The van der Waals surface area contributed by atoms with Gasteiger partial charge in [-0.05, 0) is 25.5 Å². The lowest BCUT2D eigenvalue weighted by Gasteiger charge is -2.05. The molecule has 0 aliphatic rings. The maximum absolute atomic E-state index is 11.4. The number of hydrogen-bond acceptors (Lipinski definition) is 7. The lowest BCUT2D eigenvalue weighted by molar-refractivity contribution is -0.139.